The fourth-order valence-corrected chi connectivity index (χ4v) is 1.53. The van der Waals surface area contributed by atoms with Crippen molar-refractivity contribution in [2.45, 2.75) is 38.3 Å². The molecule has 1 aliphatic heterocycles. The minimum Gasteiger partial charge on any atom is -0.465 e. The highest BCUT2D eigenvalue weighted by molar-refractivity contribution is 5.80. The van der Waals surface area contributed by atoms with Gasteiger partial charge in [0.2, 0.25) is 0 Å². The minimum absolute atomic E-state index is 0.151. The van der Waals surface area contributed by atoms with Gasteiger partial charge in [0.25, 0.3) is 0 Å². The van der Waals surface area contributed by atoms with Gasteiger partial charge in [0, 0.05) is 6.61 Å². The van der Waals surface area contributed by atoms with Gasteiger partial charge in [0.15, 0.2) is 0 Å². The summed E-state index contributed by atoms with van der Waals surface area (Å²) in [6, 6.07) is 0. The van der Waals surface area contributed by atoms with Crippen LogP contribution in [-0.2, 0) is 19.0 Å². The lowest BCUT2D eigenvalue weighted by Crippen LogP contribution is -2.50. The van der Waals surface area contributed by atoms with E-state index in [0.29, 0.717) is 13.2 Å². The normalized spacial score (nSPS) is 24.1. The first-order valence-corrected chi connectivity index (χ1v) is 5.71. The third kappa shape index (κ3) is 4.08. The van der Waals surface area contributed by atoms with Gasteiger partial charge >= 0.3 is 5.97 Å². The first kappa shape index (κ1) is 13.4. The van der Waals surface area contributed by atoms with Crippen molar-refractivity contribution in [3.05, 3.63) is 0 Å². The summed E-state index contributed by atoms with van der Waals surface area (Å²) in [7, 11) is 0. The number of hydrogen-bond acceptors (Lipinski definition) is 5. The molecule has 1 fully saturated rings. The third-order valence-corrected chi connectivity index (χ3v) is 2.47. The van der Waals surface area contributed by atoms with Crippen molar-refractivity contribution in [2.24, 2.45) is 5.73 Å². The van der Waals surface area contributed by atoms with Crippen LogP contribution in [0.3, 0.4) is 0 Å². The topological polar surface area (TPSA) is 70.8 Å². The van der Waals surface area contributed by atoms with Crippen LogP contribution in [0.1, 0.15) is 26.7 Å². The molecular weight excluding hydrogens is 210 g/mol. The van der Waals surface area contributed by atoms with E-state index >= 15 is 0 Å². The van der Waals surface area contributed by atoms with Crippen LogP contribution in [-0.4, -0.2) is 44.0 Å². The Morgan fingerprint density at radius 3 is 2.94 bits per heavy atom. The summed E-state index contributed by atoms with van der Waals surface area (Å²) in [4.78, 5) is 11.4. The molecule has 0 spiro atoms. The Morgan fingerprint density at radius 2 is 2.38 bits per heavy atom. The monoisotopic (exact) mass is 231 g/mol. The summed E-state index contributed by atoms with van der Waals surface area (Å²) in [5.74, 6) is -0.428. The molecule has 0 bridgehead atoms. The van der Waals surface area contributed by atoms with Gasteiger partial charge in [0.1, 0.15) is 5.54 Å². The molecule has 0 aromatic carbocycles. The van der Waals surface area contributed by atoms with Crippen LogP contribution in [0.2, 0.25) is 0 Å². The van der Waals surface area contributed by atoms with Gasteiger partial charge in [-0.05, 0) is 26.7 Å². The minimum atomic E-state index is -1.07. The summed E-state index contributed by atoms with van der Waals surface area (Å²) in [5.41, 5.74) is 4.72. The van der Waals surface area contributed by atoms with Crippen LogP contribution in [0.15, 0.2) is 0 Å². The lowest BCUT2D eigenvalue weighted by Gasteiger charge is -2.22. The zero-order valence-electron chi connectivity index (χ0n) is 10.0. The Bertz CT molecular complexity index is 224. The Balaban J connectivity index is 2.21. The van der Waals surface area contributed by atoms with E-state index in [0.717, 1.165) is 19.4 Å². The second-order valence-corrected chi connectivity index (χ2v) is 4.29. The summed E-state index contributed by atoms with van der Waals surface area (Å²) < 4.78 is 15.6. The van der Waals surface area contributed by atoms with Crippen molar-refractivity contribution in [2.75, 3.05) is 26.4 Å². The van der Waals surface area contributed by atoms with E-state index in [1.54, 1.807) is 13.8 Å². The molecule has 5 heteroatoms. The number of ether oxygens (including phenoxy) is 3. The molecule has 2 N–H and O–H groups in total. The van der Waals surface area contributed by atoms with Crippen molar-refractivity contribution < 1.29 is 19.0 Å². The maximum absolute atomic E-state index is 11.4. The van der Waals surface area contributed by atoms with Crippen molar-refractivity contribution in [1.82, 2.24) is 0 Å². The van der Waals surface area contributed by atoms with Gasteiger partial charge in [-0.15, -0.1) is 0 Å². The number of hydrogen-bond donors (Lipinski definition) is 1. The SMILES string of the molecule is CCOC(=O)C(C)(N)COCC1CCCO1. The Labute approximate surface area is 96.2 Å². The van der Waals surface area contributed by atoms with Gasteiger partial charge in [-0.25, -0.2) is 4.79 Å². The van der Waals surface area contributed by atoms with Crippen LogP contribution in [0, 0.1) is 0 Å². The predicted molar refractivity (Wildman–Crippen MR) is 59.0 cm³/mol. The van der Waals surface area contributed by atoms with Gasteiger partial charge in [-0.1, -0.05) is 0 Å². The van der Waals surface area contributed by atoms with E-state index in [-0.39, 0.29) is 12.7 Å². The quantitative estimate of drug-likeness (QED) is 0.672. The van der Waals surface area contributed by atoms with E-state index in [1.165, 1.54) is 0 Å². The van der Waals surface area contributed by atoms with Crippen LogP contribution in [0.25, 0.3) is 0 Å². The molecule has 1 heterocycles. The Hall–Kier alpha value is -0.650. The molecule has 0 radical (unpaired) electrons. The largest absolute Gasteiger partial charge is 0.465 e. The van der Waals surface area contributed by atoms with Crippen molar-refractivity contribution in [3.8, 4) is 0 Å². The second-order valence-electron chi connectivity index (χ2n) is 4.29. The molecule has 5 nitrogen and oxygen atoms in total. The second kappa shape index (κ2) is 6.18. The van der Waals surface area contributed by atoms with E-state index in [4.69, 9.17) is 19.9 Å². The summed E-state index contributed by atoms with van der Waals surface area (Å²) in [6.07, 6.45) is 2.24. The van der Waals surface area contributed by atoms with Crippen molar-refractivity contribution >= 4 is 5.97 Å². The fourth-order valence-electron chi connectivity index (χ4n) is 1.53. The molecule has 1 saturated heterocycles. The van der Waals surface area contributed by atoms with Gasteiger partial charge in [0.05, 0.1) is 25.9 Å². The Kier molecular flexibility index (Phi) is 5.18. The number of carbonyl (C=O) groups is 1. The van der Waals surface area contributed by atoms with Crippen molar-refractivity contribution in [3.63, 3.8) is 0 Å². The number of esters is 1. The number of rotatable bonds is 6. The number of carbonyl (C=O) groups excluding carboxylic acids is 1. The van der Waals surface area contributed by atoms with Gasteiger partial charge in [-0.2, -0.15) is 0 Å². The van der Waals surface area contributed by atoms with Crippen LogP contribution in [0.4, 0.5) is 0 Å². The maximum Gasteiger partial charge on any atom is 0.328 e. The van der Waals surface area contributed by atoms with Crippen LogP contribution in [0.5, 0.6) is 0 Å². The van der Waals surface area contributed by atoms with Gasteiger partial charge < -0.3 is 19.9 Å². The predicted octanol–water partition coefficient (Wildman–Crippen LogP) is 0.463. The van der Waals surface area contributed by atoms with Crippen molar-refractivity contribution in [1.29, 1.82) is 0 Å². The molecule has 0 aliphatic carbocycles. The molecule has 94 valence electrons. The fraction of sp³-hybridized carbons (Fsp3) is 0.909. The molecule has 0 amide bonds. The molecule has 0 aromatic rings. The summed E-state index contributed by atoms with van der Waals surface area (Å²) in [6.45, 7) is 5.14. The highest BCUT2D eigenvalue weighted by Gasteiger charge is 2.30. The van der Waals surface area contributed by atoms with E-state index in [1.807, 2.05) is 0 Å². The zero-order valence-corrected chi connectivity index (χ0v) is 10.0. The third-order valence-electron chi connectivity index (χ3n) is 2.47. The van der Waals surface area contributed by atoms with E-state index in [2.05, 4.69) is 0 Å². The highest BCUT2D eigenvalue weighted by atomic mass is 16.5. The standard InChI is InChI=1S/C11H21NO4/c1-3-15-10(13)11(2,12)8-14-7-9-5-4-6-16-9/h9H,3-8,12H2,1-2H3. The smallest absolute Gasteiger partial charge is 0.328 e. The first-order valence-electron chi connectivity index (χ1n) is 5.71. The summed E-state index contributed by atoms with van der Waals surface area (Å²) >= 11 is 0. The molecular formula is C11H21NO4. The molecule has 0 saturated carbocycles. The van der Waals surface area contributed by atoms with E-state index in [9.17, 15) is 4.79 Å². The Morgan fingerprint density at radius 1 is 1.62 bits per heavy atom. The highest BCUT2D eigenvalue weighted by Crippen LogP contribution is 2.13. The summed E-state index contributed by atoms with van der Waals surface area (Å²) in [5, 5.41) is 0. The lowest BCUT2D eigenvalue weighted by atomic mass is 10.1. The average molecular weight is 231 g/mol. The number of nitrogens with two attached hydrogens (primary N) is 1. The van der Waals surface area contributed by atoms with E-state index < -0.39 is 11.5 Å². The zero-order chi connectivity index (χ0) is 12.0. The van der Waals surface area contributed by atoms with Crippen LogP contribution < -0.4 is 5.73 Å². The maximum atomic E-state index is 11.4. The molecule has 2 atom stereocenters. The lowest BCUT2D eigenvalue weighted by molar-refractivity contribution is -0.151. The first-order chi connectivity index (χ1) is 7.56. The van der Waals surface area contributed by atoms with Gasteiger partial charge in [-0.3, -0.25) is 0 Å². The molecule has 1 aliphatic rings. The molecule has 0 aromatic heterocycles. The van der Waals surface area contributed by atoms with Crippen LogP contribution >= 0.6 is 0 Å². The molecule has 16 heavy (non-hydrogen) atoms. The molecule has 2 unspecified atom stereocenters. The molecule has 1 rings (SSSR count). The average Bonchev–Trinajstić information content (AvgIpc) is 2.70.